The van der Waals surface area contributed by atoms with Crippen molar-refractivity contribution in [2.45, 2.75) is 23.9 Å². The number of nitrogens with one attached hydrogen (secondary N) is 2. The zero-order valence-electron chi connectivity index (χ0n) is 19.5. The van der Waals surface area contributed by atoms with E-state index < -0.39 is 72.9 Å². The van der Waals surface area contributed by atoms with Crippen molar-refractivity contribution in [2.75, 3.05) is 0 Å². The molecule has 13 heteroatoms. The first-order chi connectivity index (χ1) is 17.9. The fourth-order valence-electron chi connectivity index (χ4n) is 3.66. The summed E-state index contributed by atoms with van der Waals surface area (Å²) in [5, 5.41) is 0. The summed E-state index contributed by atoms with van der Waals surface area (Å²) in [6.45, 7) is 1.01. The molecule has 0 fully saturated rings. The minimum atomic E-state index is -4.73. The quantitative estimate of drug-likeness (QED) is 0.166. The van der Waals surface area contributed by atoms with Gasteiger partial charge in [0.2, 0.25) is 10.0 Å². The number of imidazole rings is 1. The number of carbonyl (C=O) groups is 3. The van der Waals surface area contributed by atoms with Crippen LogP contribution in [-0.2, 0) is 14.8 Å². The van der Waals surface area contributed by atoms with Crippen LogP contribution in [0.3, 0.4) is 0 Å². The second-order valence-electron chi connectivity index (χ2n) is 8.28. The molecule has 0 aliphatic rings. The number of Topliss-reactive ketones (excluding diaryl/α,β-unsaturated/α-hetero) is 3. The van der Waals surface area contributed by atoms with E-state index >= 15 is 0 Å². The molecule has 0 aliphatic heterocycles. The first-order valence-corrected chi connectivity index (χ1v) is 12.4. The molecule has 0 radical (unpaired) electrons. The number of nitrogens with zero attached hydrogens (tertiary/aromatic N) is 1. The highest BCUT2D eigenvalue weighted by Crippen LogP contribution is 2.28. The van der Waals surface area contributed by atoms with Gasteiger partial charge in [0.05, 0.1) is 16.6 Å². The van der Waals surface area contributed by atoms with Gasteiger partial charge in [-0.25, -0.2) is 26.6 Å². The van der Waals surface area contributed by atoms with Crippen LogP contribution in [0.25, 0.3) is 11.0 Å². The lowest BCUT2D eigenvalue weighted by atomic mass is 9.89. The molecule has 0 amide bonds. The maximum absolute atomic E-state index is 14.5. The number of benzene rings is 3. The van der Waals surface area contributed by atoms with Gasteiger partial charge in [-0.05, 0) is 55.5 Å². The minimum Gasteiger partial charge on any atom is -0.341 e. The molecule has 4 aromatic rings. The van der Waals surface area contributed by atoms with Crippen LogP contribution in [0.15, 0.2) is 65.6 Å². The van der Waals surface area contributed by atoms with Crippen molar-refractivity contribution in [3.63, 3.8) is 0 Å². The van der Waals surface area contributed by atoms with Crippen LogP contribution in [0.1, 0.15) is 39.4 Å². The SMILES string of the molecule is CC(=O)C(N)NS(=O)(=O)c1cc(C(=O)C(C(=O)c2cc(F)ccc2F)c2nc3ccccc3[nH]2)ccc1F. The summed E-state index contributed by atoms with van der Waals surface area (Å²) < 4.78 is 70.1. The third-order valence-electron chi connectivity index (χ3n) is 5.62. The molecule has 0 saturated carbocycles. The summed E-state index contributed by atoms with van der Waals surface area (Å²) in [4.78, 5) is 44.5. The van der Waals surface area contributed by atoms with Gasteiger partial charge in [0.15, 0.2) is 17.3 Å². The maximum Gasteiger partial charge on any atom is 0.245 e. The van der Waals surface area contributed by atoms with E-state index in [-0.39, 0.29) is 5.82 Å². The van der Waals surface area contributed by atoms with Gasteiger partial charge in [-0.2, -0.15) is 4.72 Å². The highest BCUT2D eigenvalue weighted by Gasteiger charge is 2.36. The van der Waals surface area contributed by atoms with Gasteiger partial charge in [0.1, 0.15) is 40.3 Å². The molecular weight excluding hydrogens is 525 g/mol. The molecule has 0 spiro atoms. The fraction of sp³-hybridized carbons (Fsp3) is 0.120. The van der Waals surface area contributed by atoms with Crippen molar-refractivity contribution in [2.24, 2.45) is 5.73 Å². The Morgan fingerprint density at radius 1 is 0.947 bits per heavy atom. The third kappa shape index (κ3) is 5.25. The van der Waals surface area contributed by atoms with Crippen molar-refractivity contribution in [3.8, 4) is 0 Å². The summed E-state index contributed by atoms with van der Waals surface area (Å²) in [6, 6.07) is 10.9. The highest BCUT2D eigenvalue weighted by atomic mass is 32.2. The lowest BCUT2D eigenvalue weighted by Gasteiger charge is -2.16. The van der Waals surface area contributed by atoms with Gasteiger partial charge < -0.3 is 10.7 Å². The van der Waals surface area contributed by atoms with Gasteiger partial charge in [-0.3, -0.25) is 14.4 Å². The summed E-state index contributed by atoms with van der Waals surface area (Å²) >= 11 is 0. The number of nitrogens with two attached hydrogens (primary N) is 1. The summed E-state index contributed by atoms with van der Waals surface area (Å²) in [6.07, 6.45) is -1.68. The third-order valence-corrected chi connectivity index (χ3v) is 7.08. The lowest BCUT2D eigenvalue weighted by molar-refractivity contribution is -0.118. The van der Waals surface area contributed by atoms with Crippen LogP contribution in [-0.4, -0.2) is 41.9 Å². The number of aromatic amines is 1. The van der Waals surface area contributed by atoms with Crippen LogP contribution in [0, 0.1) is 17.5 Å². The second-order valence-corrected chi connectivity index (χ2v) is 9.96. The number of carbonyl (C=O) groups excluding carboxylic acids is 3. The van der Waals surface area contributed by atoms with Crippen molar-refractivity contribution >= 4 is 38.4 Å². The van der Waals surface area contributed by atoms with E-state index in [0.717, 1.165) is 25.1 Å². The van der Waals surface area contributed by atoms with E-state index in [1.165, 1.54) is 0 Å². The topological polar surface area (TPSA) is 152 Å². The average molecular weight is 545 g/mol. The molecule has 0 aliphatic carbocycles. The van der Waals surface area contributed by atoms with Crippen LogP contribution in [0.5, 0.6) is 0 Å². The Balaban J connectivity index is 1.84. The predicted octanol–water partition coefficient (Wildman–Crippen LogP) is 2.98. The molecule has 196 valence electrons. The van der Waals surface area contributed by atoms with E-state index in [1.807, 2.05) is 0 Å². The number of para-hydroxylation sites is 2. The number of hydrogen-bond donors (Lipinski definition) is 3. The van der Waals surface area contributed by atoms with Gasteiger partial charge >= 0.3 is 0 Å². The number of halogens is 3. The van der Waals surface area contributed by atoms with E-state index in [9.17, 15) is 36.0 Å². The standard InChI is InChI=1S/C25H19F3N4O5S/c1-12(33)24(29)32-38(36,37)20-10-13(6-8-17(20)28)22(34)21(23(35)15-11-14(26)7-9-16(15)27)25-30-18-4-2-3-5-19(18)31-25/h2-11,21,24,32H,29H2,1H3,(H,30,31). The van der Waals surface area contributed by atoms with Crippen LogP contribution < -0.4 is 10.5 Å². The number of sulfonamides is 1. The molecule has 0 saturated heterocycles. The van der Waals surface area contributed by atoms with Crippen LogP contribution in [0.4, 0.5) is 13.2 Å². The Kier molecular flexibility index (Phi) is 7.26. The summed E-state index contributed by atoms with van der Waals surface area (Å²) in [7, 11) is -4.73. The Bertz CT molecular complexity index is 1670. The van der Waals surface area contributed by atoms with E-state index in [1.54, 1.807) is 29.0 Å². The van der Waals surface area contributed by atoms with E-state index in [2.05, 4.69) is 9.97 Å². The smallest absolute Gasteiger partial charge is 0.245 e. The Hall–Kier alpha value is -4.20. The second kappa shape index (κ2) is 10.3. The fourth-order valence-corrected chi connectivity index (χ4v) is 4.90. The van der Waals surface area contributed by atoms with Crippen LogP contribution in [0.2, 0.25) is 0 Å². The normalized spacial score (nSPS) is 13.3. The number of hydrogen-bond acceptors (Lipinski definition) is 7. The predicted molar refractivity (Wildman–Crippen MR) is 129 cm³/mol. The van der Waals surface area contributed by atoms with Gasteiger partial charge in [0.25, 0.3) is 0 Å². The maximum atomic E-state index is 14.5. The van der Waals surface area contributed by atoms with E-state index in [0.29, 0.717) is 29.2 Å². The Morgan fingerprint density at radius 2 is 1.63 bits per heavy atom. The van der Waals surface area contributed by atoms with Gasteiger partial charge in [0, 0.05) is 5.56 Å². The Morgan fingerprint density at radius 3 is 2.32 bits per heavy atom. The monoisotopic (exact) mass is 544 g/mol. The molecule has 2 atom stereocenters. The average Bonchev–Trinajstić information content (AvgIpc) is 3.28. The largest absolute Gasteiger partial charge is 0.341 e. The molecule has 3 aromatic carbocycles. The molecule has 4 rings (SSSR count). The zero-order chi connectivity index (χ0) is 27.8. The number of rotatable bonds is 9. The van der Waals surface area contributed by atoms with Gasteiger partial charge in [-0.15, -0.1) is 0 Å². The highest BCUT2D eigenvalue weighted by molar-refractivity contribution is 7.89. The summed E-state index contributed by atoms with van der Waals surface area (Å²) in [5.74, 6) is -8.42. The number of H-pyrrole nitrogens is 1. The number of ketones is 3. The zero-order valence-corrected chi connectivity index (χ0v) is 20.4. The van der Waals surface area contributed by atoms with Crippen molar-refractivity contribution < 1.29 is 36.0 Å². The molecule has 1 heterocycles. The van der Waals surface area contributed by atoms with E-state index in [4.69, 9.17) is 5.73 Å². The lowest BCUT2D eigenvalue weighted by Crippen LogP contribution is -2.46. The van der Waals surface area contributed by atoms with Gasteiger partial charge in [-0.1, -0.05) is 12.1 Å². The van der Waals surface area contributed by atoms with Crippen molar-refractivity contribution in [1.82, 2.24) is 14.7 Å². The molecule has 0 bridgehead atoms. The van der Waals surface area contributed by atoms with Crippen molar-refractivity contribution in [1.29, 1.82) is 0 Å². The molecule has 9 nitrogen and oxygen atoms in total. The molecule has 1 aromatic heterocycles. The van der Waals surface area contributed by atoms with Crippen LogP contribution >= 0.6 is 0 Å². The minimum absolute atomic E-state index is 0.227. The summed E-state index contributed by atoms with van der Waals surface area (Å²) in [5.41, 5.74) is 5.01. The molecule has 38 heavy (non-hydrogen) atoms. The molecular formula is C25H19F3N4O5S. The first-order valence-electron chi connectivity index (χ1n) is 10.9. The first kappa shape index (κ1) is 26.9. The Labute approximate surface area is 213 Å². The molecule has 2 unspecified atom stereocenters. The molecule has 4 N–H and O–H groups in total. The number of fused-ring (bicyclic) bond motifs is 1. The van der Waals surface area contributed by atoms with Crippen molar-refractivity contribution in [3.05, 3.63) is 95.1 Å². The number of aromatic nitrogens is 2.